The molecule has 2 aliphatic rings. The van der Waals surface area contributed by atoms with Crippen LogP contribution in [0.15, 0.2) is 18.2 Å². The SMILES string of the molecule is C.Cc1nc(-c2ccc(CCN)c(F)c2)n(C2=Cc3c(nn(C)c3C)CC2F)c1C.O=CN1CCCCC1. The summed E-state index contributed by atoms with van der Waals surface area (Å²) in [7, 11) is 1.86. The van der Waals surface area contributed by atoms with Crippen LogP contribution >= 0.6 is 0 Å². The highest BCUT2D eigenvalue weighted by molar-refractivity contribution is 5.81. The molecule has 1 saturated heterocycles. The number of alkyl halides is 1. The highest BCUT2D eigenvalue weighted by atomic mass is 19.1. The van der Waals surface area contributed by atoms with Gasteiger partial charge in [0.25, 0.3) is 0 Å². The first kappa shape index (κ1) is 29.2. The van der Waals surface area contributed by atoms with E-state index in [2.05, 4.69) is 10.1 Å². The third-order valence-corrected chi connectivity index (χ3v) is 7.31. The molecule has 2 aromatic heterocycles. The number of rotatable bonds is 5. The van der Waals surface area contributed by atoms with E-state index in [-0.39, 0.29) is 19.7 Å². The number of likely N-dealkylation sites (tertiary alicyclic amines) is 1. The van der Waals surface area contributed by atoms with Crippen LogP contribution in [0.3, 0.4) is 0 Å². The molecule has 1 fully saturated rings. The number of aryl methyl sites for hydroxylation is 2. The first-order valence-electron chi connectivity index (χ1n) is 12.9. The molecule has 7 nitrogen and oxygen atoms in total. The summed E-state index contributed by atoms with van der Waals surface area (Å²) in [5, 5.41) is 4.42. The second kappa shape index (κ2) is 12.5. The molecule has 1 aromatic carbocycles. The van der Waals surface area contributed by atoms with Crippen molar-refractivity contribution in [2.75, 3.05) is 19.6 Å². The summed E-state index contributed by atoms with van der Waals surface area (Å²) >= 11 is 0. The molecule has 1 amide bonds. The summed E-state index contributed by atoms with van der Waals surface area (Å²) in [4.78, 5) is 16.6. The van der Waals surface area contributed by atoms with Crippen LogP contribution in [-0.2, 0) is 24.7 Å². The first-order valence-corrected chi connectivity index (χ1v) is 12.9. The smallest absolute Gasteiger partial charge is 0.209 e. The van der Waals surface area contributed by atoms with E-state index in [1.54, 1.807) is 10.7 Å². The maximum atomic E-state index is 15.2. The molecule has 0 saturated carbocycles. The number of amides is 1. The standard InChI is InChI=1S/C22H25F2N5.C6H11NO.CH4/c1-12-13(2)29(21-10-17-14(3)28(4)27-20(17)11-19(21)24)22(26-12)16-6-5-15(7-8-25)18(23)9-16;8-6-7-4-2-1-3-5-7;/h5-6,9-10,19H,7-8,11,25H2,1-4H3;6H,1-5H2;1H4. The first-order chi connectivity index (χ1) is 17.7. The molecule has 206 valence electrons. The van der Waals surface area contributed by atoms with E-state index in [1.165, 1.54) is 25.3 Å². The molecule has 9 heteroatoms. The third-order valence-electron chi connectivity index (χ3n) is 7.31. The monoisotopic (exact) mass is 526 g/mol. The highest BCUT2D eigenvalue weighted by Crippen LogP contribution is 2.35. The van der Waals surface area contributed by atoms with Crippen molar-refractivity contribution in [2.45, 2.75) is 66.5 Å². The lowest BCUT2D eigenvalue weighted by atomic mass is 9.98. The second-order valence-corrected chi connectivity index (χ2v) is 9.80. The molecule has 1 atom stereocenters. The number of hydrogen-bond acceptors (Lipinski definition) is 4. The van der Waals surface area contributed by atoms with Crippen molar-refractivity contribution in [3.05, 3.63) is 57.9 Å². The fourth-order valence-electron chi connectivity index (χ4n) is 4.94. The molecule has 3 aromatic rings. The van der Waals surface area contributed by atoms with E-state index in [0.29, 0.717) is 35.6 Å². The zero-order chi connectivity index (χ0) is 26.7. The van der Waals surface area contributed by atoms with Crippen molar-refractivity contribution in [3.8, 4) is 11.4 Å². The number of nitrogens with two attached hydrogens (primary N) is 1. The lowest BCUT2D eigenvalue weighted by Crippen LogP contribution is -2.27. The minimum absolute atomic E-state index is 0. The maximum absolute atomic E-state index is 15.2. The Hall–Kier alpha value is -3.33. The number of carbonyl (C=O) groups excluding carboxylic acids is 1. The minimum Gasteiger partial charge on any atom is -0.345 e. The Bertz CT molecular complexity index is 1300. The third kappa shape index (κ3) is 5.88. The van der Waals surface area contributed by atoms with Crippen molar-refractivity contribution in [3.63, 3.8) is 0 Å². The van der Waals surface area contributed by atoms with Crippen molar-refractivity contribution < 1.29 is 13.6 Å². The van der Waals surface area contributed by atoms with Gasteiger partial charge in [-0.3, -0.25) is 14.0 Å². The Morgan fingerprint density at radius 1 is 1.13 bits per heavy atom. The number of piperidine rings is 1. The van der Waals surface area contributed by atoms with E-state index >= 15 is 4.39 Å². The van der Waals surface area contributed by atoms with Gasteiger partial charge in [-0.1, -0.05) is 19.6 Å². The fourth-order valence-corrected chi connectivity index (χ4v) is 4.94. The van der Waals surface area contributed by atoms with Gasteiger partial charge in [-0.05, 0) is 70.7 Å². The molecule has 1 unspecified atom stereocenters. The van der Waals surface area contributed by atoms with E-state index in [1.807, 2.05) is 49.4 Å². The van der Waals surface area contributed by atoms with Crippen LogP contribution in [0, 0.1) is 26.6 Å². The molecule has 5 rings (SSSR count). The Kier molecular flexibility index (Phi) is 9.60. The number of fused-ring (bicyclic) bond motifs is 1. The van der Waals surface area contributed by atoms with Gasteiger partial charge in [0.15, 0.2) is 0 Å². The molecule has 0 spiro atoms. The van der Waals surface area contributed by atoms with E-state index in [0.717, 1.165) is 47.8 Å². The molecular formula is C29H40F2N6O. The normalized spacial score (nSPS) is 16.7. The number of allylic oxidation sites excluding steroid dienone is 1. The average molecular weight is 527 g/mol. The lowest BCUT2D eigenvalue weighted by molar-refractivity contribution is -0.118. The Morgan fingerprint density at radius 3 is 2.45 bits per heavy atom. The predicted octanol–water partition coefficient (Wildman–Crippen LogP) is 5.01. The molecule has 1 aliphatic carbocycles. The lowest BCUT2D eigenvalue weighted by Gasteiger charge is -2.21. The van der Waals surface area contributed by atoms with Gasteiger partial charge in [-0.15, -0.1) is 0 Å². The number of aromatic nitrogens is 4. The van der Waals surface area contributed by atoms with Gasteiger partial charge >= 0.3 is 0 Å². The zero-order valence-electron chi connectivity index (χ0n) is 22.1. The molecule has 38 heavy (non-hydrogen) atoms. The Balaban J connectivity index is 0.000000382. The van der Waals surface area contributed by atoms with Crippen molar-refractivity contribution in [1.82, 2.24) is 24.2 Å². The summed E-state index contributed by atoms with van der Waals surface area (Å²) in [6, 6.07) is 5.01. The van der Waals surface area contributed by atoms with Crippen LogP contribution in [0.25, 0.3) is 23.2 Å². The van der Waals surface area contributed by atoms with Crippen LogP contribution in [0.2, 0.25) is 0 Å². The number of benzene rings is 1. The molecule has 1 aliphatic heterocycles. The summed E-state index contributed by atoms with van der Waals surface area (Å²) in [5.74, 6) is 0.217. The molecule has 0 bridgehead atoms. The predicted molar refractivity (Wildman–Crippen MR) is 149 cm³/mol. The number of imidazole rings is 1. The van der Waals surface area contributed by atoms with Gasteiger partial charge in [-0.25, -0.2) is 13.8 Å². The Morgan fingerprint density at radius 2 is 1.84 bits per heavy atom. The van der Waals surface area contributed by atoms with Crippen molar-refractivity contribution in [1.29, 1.82) is 0 Å². The maximum Gasteiger partial charge on any atom is 0.209 e. The van der Waals surface area contributed by atoms with Gasteiger partial charge in [-0.2, -0.15) is 5.10 Å². The largest absolute Gasteiger partial charge is 0.345 e. The molecule has 2 N–H and O–H groups in total. The summed E-state index contributed by atoms with van der Waals surface area (Å²) < 4.78 is 33.4. The van der Waals surface area contributed by atoms with Gasteiger partial charge < -0.3 is 10.6 Å². The van der Waals surface area contributed by atoms with Gasteiger partial charge in [0.05, 0.1) is 17.1 Å². The minimum atomic E-state index is -1.22. The summed E-state index contributed by atoms with van der Waals surface area (Å²) in [6.45, 7) is 8.09. The zero-order valence-corrected chi connectivity index (χ0v) is 22.1. The van der Waals surface area contributed by atoms with Gasteiger partial charge in [0.2, 0.25) is 6.41 Å². The van der Waals surface area contributed by atoms with Crippen LogP contribution in [-0.4, -0.2) is 56.4 Å². The quantitative estimate of drug-likeness (QED) is 0.474. The molecule has 0 radical (unpaired) electrons. The van der Waals surface area contributed by atoms with Crippen molar-refractivity contribution >= 4 is 18.2 Å². The van der Waals surface area contributed by atoms with Gasteiger partial charge in [0, 0.05) is 49.1 Å². The average Bonchev–Trinajstić information content (AvgIpc) is 3.34. The number of hydrogen-bond donors (Lipinski definition) is 1. The van der Waals surface area contributed by atoms with Crippen LogP contribution in [0.4, 0.5) is 8.78 Å². The highest BCUT2D eigenvalue weighted by Gasteiger charge is 2.29. The number of halogens is 2. The van der Waals surface area contributed by atoms with Crippen LogP contribution in [0.5, 0.6) is 0 Å². The van der Waals surface area contributed by atoms with E-state index < -0.39 is 6.17 Å². The van der Waals surface area contributed by atoms with Gasteiger partial charge in [0.1, 0.15) is 17.8 Å². The molecular weight excluding hydrogens is 486 g/mol. The van der Waals surface area contributed by atoms with Crippen LogP contribution in [0.1, 0.15) is 60.6 Å². The van der Waals surface area contributed by atoms with Crippen molar-refractivity contribution in [2.24, 2.45) is 12.8 Å². The Labute approximate surface area is 224 Å². The number of nitrogens with zero attached hydrogens (tertiary/aromatic N) is 5. The topological polar surface area (TPSA) is 82.0 Å². The molecule has 3 heterocycles. The fraction of sp³-hybridized carbons (Fsp3) is 0.483. The summed E-state index contributed by atoms with van der Waals surface area (Å²) in [6.07, 6.45) is 5.94. The van der Waals surface area contributed by atoms with E-state index in [4.69, 9.17) is 5.73 Å². The summed E-state index contributed by atoms with van der Waals surface area (Å²) in [5.41, 5.74) is 11.5. The number of carbonyl (C=O) groups is 1. The van der Waals surface area contributed by atoms with E-state index in [9.17, 15) is 9.18 Å². The second-order valence-electron chi connectivity index (χ2n) is 9.80. The van der Waals surface area contributed by atoms with Crippen LogP contribution < -0.4 is 5.73 Å².